The first-order valence-corrected chi connectivity index (χ1v) is 10.4. The second-order valence-corrected chi connectivity index (χ2v) is 8.14. The summed E-state index contributed by atoms with van der Waals surface area (Å²) in [4.78, 5) is 42.7. The molecular formula is C24H26N4O3. The van der Waals surface area contributed by atoms with E-state index in [9.17, 15) is 14.4 Å². The summed E-state index contributed by atoms with van der Waals surface area (Å²) >= 11 is 0. The van der Waals surface area contributed by atoms with Crippen molar-refractivity contribution in [1.82, 2.24) is 15.6 Å². The van der Waals surface area contributed by atoms with E-state index in [1.807, 2.05) is 69.4 Å². The number of carbonyl (C=O) groups is 3. The molecule has 3 N–H and O–H groups in total. The first kappa shape index (κ1) is 20.7. The Hall–Kier alpha value is -3.61. The number of nitrogens with zero attached hydrogens (tertiary/aromatic N) is 1. The lowest BCUT2D eigenvalue weighted by Gasteiger charge is -2.22. The molecule has 1 aliphatic rings. The van der Waals surface area contributed by atoms with Gasteiger partial charge >= 0.3 is 11.8 Å². The monoisotopic (exact) mass is 418 g/mol. The van der Waals surface area contributed by atoms with E-state index >= 15 is 0 Å². The molecule has 0 unspecified atom stereocenters. The van der Waals surface area contributed by atoms with Crippen molar-refractivity contribution in [3.05, 3.63) is 65.4 Å². The second kappa shape index (κ2) is 8.26. The van der Waals surface area contributed by atoms with Crippen LogP contribution in [-0.4, -0.2) is 35.3 Å². The van der Waals surface area contributed by atoms with E-state index < -0.39 is 17.9 Å². The van der Waals surface area contributed by atoms with Gasteiger partial charge in [-0.3, -0.25) is 14.4 Å². The van der Waals surface area contributed by atoms with Gasteiger partial charge in [0.2, 0.25) is 0 Å². The van der Waals surface area contributed by atoms with Gasteiger partial charge in [-0.25, -0.2) is 0 Å². The molecule has 3 aromatic rings. The van der Waals surface area contributed by atoms with E-state index in [-0.39, 0.29) is 11.9 Å². The van der Waals surface area contributed by atoms with Crippen molar-refractivity contribution in [1.29, 1.82) is 0 Å². The minimum atomic E-state index is -0.857. The first-order chi connectivity index (χ1) is 14.9. The number of fused-ring (bicyclic) bond motifs is 2. The number of carbonyl (C=O) groups excluding carboxylic acids is 3. The van der Waals surface area contributed by atoms with Gasteiger partial charge in [0.05, 0.1) is 0 Å². The Kier molecular flexibility index (Phi) is 5.50. The third kappa shape index (κ3) is 3.91. The Bertz CT molecular complexity index is 1160. The van der Waals surface area contributed by atoms with Gasteiger partial charge in [-0.15, -0.1) is 0 Å². The molecule has 7 heteroatoms. The Morgan fingerprint density at radius 2 is 1.90 bits per heavy atom. The van der Waals surface area contributed by atoms with Gasteiger partial charge in [-0.05, 0) is 44.9 Å². The molecule has 2 heterocycles. The van der Waals surface area contributed by atoms with E-state index in [2.05, 4.69) is 15.6 Å². The maximum Gasteiger partial charge on any atom is 0.310 e. The average Bonchev–Trinajstić information content (AvgIpc) is 3.27. The lowest BCUT2D eigenvalue weighted by Crippen LogP contribution is -2.45. The minimum Gasteiger partial charge on any atom is -0.361 e. The summed E-state index contributed by atoms with van der Waals surface area (Å²) in [6, 6.07) is 12.7. The van der Waals surface area contributed by atoms with Crippen LogP contribution in [-0.2, 0) is 20.8 Å². The van der Waals surface area contributed by atoms with Crippen LogP contribution in [0, 0.1) is 6.92 Å². The fourth-order valence-electron chi connectivity index (χ4n) is 4.11. The van der Waals surface area contributed by atoms with Crippen molar-refractivity contribution < 1.29 is 14.4 Å². The maximum absolute atomic E-state index is 12.9. The van der Waals surface area contributed by atoms with Gasteiger partial charge in [-0.1, -0.05) is 35.9 Å². The predicted octanol–water partition coefficient (Wildman–Crippen LogP) is 2.75. The fraction of sp³-hybridized carbons (Fsp3) is 0.292. The minimum absolute atomic E-state index is 0.0548. The van der Waals surface area contributed by atoms with Crippen LogP contribution in [0.1, 0.15) is 36.6 Å². The van der Waals surface area contributed by atoms with E-state index in [1.165, 1.54) is 0 Å². The van der Waals surface area contributed by atoms with Crippen LogP contribution in [0.25, 0.3) is 10.9 Å². The number of aromatic nitrogens is 1. The average molecular weight is 418 g/mol. The number of amides is 3. The summed E-state index contributed by atoms with van der Waals surface area (Å²) in [5.41, 5.74) is 4.58. The lowest BCUT2D eigenvalue weighted by molar-refractivity contribution is -0.140. The molecule has 2 aromatic carbocycles. The number of benzene rings is 2. The molecule has 1 atom stereocenters. The highest BCUT2D eigenvalue weighted by atomic mass is 16.2. The van der Waals surface area contributed by atoms with Crippen molar-refractivity contribution in [2.45, 2.75) is 39.3 Å². The highest BCUT2D eigenvalue weighted by Crippen LogP contribution is 2.37. The first-order valence-electron chi connectivity index (χ1n) is 10.4. The van der Waals surface area contributed by atoms with Crippen molar-refractivity contribution in [3.8, 4) is 0 Å². The third-order valence-electron chi connectivity index (χ3n) is 5.59. The van der Waals surface area contributed by atoms with Crippen LogP contribution in [0.15, 0.2) is 48.7 Å². The smallest absolute Gasteiger partial charge is 0.310 e. The standard InChI is InChI=1S/C24H26N4O3/c1-14(2)28-20-9-8-15(3)12-18(20)21(24(28)31)27-23(30)22(29)25-11-10-16-13-26-19-7-5-4-6-17(16)19/h4-9,12-14,21,26H,10-11H2,1-3H3,(H,25,29)(H,27,30)/t21-/m0/s1. The summed E-state index contributed by atoms with van der Waals surface area (Å²) in [7, 11) is 0. The molecule has 31 heavy (non-hydrogen) atoms. The van der Waals surface area contributed by atoms with Crippen molar-refractivity contribution >= 4 is 34.3 Å². The topological polar surface area (TPSA) is 94.3 Å². The molecule has 0 bridgehead atoms. The van der Waals surface area contributed by atoms with Crippen molar-refractivity contribution in [2.24, 2.45) is 0 Å². The molecule has 0 radical (unpaired) electrons. The zero-order valence-corrected chi connectivity index (χ0v) is 17.9. The van der Waals surface area contributed by atoms with E-state index in [0.717, 1.165) is 33.3 Å². The van der Waals surface area contributed by atoms with Gasteiger partial charge in [-0.2, -0.15) is 0 Å². The highest BCUT2D eigenvalue weighted by molar-refractivity contribution is 6.35. The summed E-state index contributed by atoms with van der Waals surface area (Å²) in [6.07, 6.45) is 2.50. The molecule has 0 fully saturated rings. The number of para-hydroxylation sites is 1. The normalized spacial score (nSPS) is 15.4. The van der Waals surface area contributed by atoms with Gasteiger partial charge in [0, 0.05) is 40.9 Å². The van der Waals surface area contributed by atoms with Crippen LogP contribution in [0.2, 0.25) is 0 Å². The van der Waals surface area contributed by atoms with E-state index in [0.29, 0.717) is 13.0 Å². The van der Waals surface area contributed by atoms with Crippen molar-refractivity contribution in [2.75, 3.05) is 11.4 Å². The molecule has 4 rings (SSSR count). The molecular weight excluding hydrogens is 392 g/mol. The summed E-state index contributed by atoms with van der Waals surface area (Å²) in [6.45, 7) is 6.09. The van der Waals surface area contributed by atoms with Gasteiger partial charge < -0.3 is 20.5 Å². The lowest BCUT2D eigenvalue weighted by atomic mass is 10.1. The van der Waals surface area contributed by atoms with E-state index in [1.54, 1.807) is 4.90 Å². The molecule has 3 amide bonds. The van der Waals surface area contributed by atoms with Crippen molar-refractivity contribution in [3.63, 3.8) is 0 Å². The Morgan fingerprint density at radius 3 is 2.68 bits per heavy atom. The highest BCUT2D eigenvalue weighted by Gasteiger charge is 2.40. The zero-order valence-electron chi connectivity index (χ0n) is 17.9. The summed E-state index contributed by atoms with van der Waals surface area (Å²) < 4.78 is 0. The maximum atomic E-state index is 12.9. The Balaban J connectivity index is 1.40. The van der Waals surface area contributed by atoms with Crippen LogP contribution in [0.3, 0.4) is 0 Å². The molecule has 7 nitrogen and oxygen atoms in total. The molecule has 0 spiro atoms. The Labute approximate surface area is 180 Å². The summed E-state index contributed by atoms with van der Waals surface area (Å²) in [5, 5.41) is 6.37. The fourth-order valence-corrected chi connectivity index (χ4v) is 4.11. The molecule has 0 saturated carbocycles. The Morgan fingerprint density at radius 1 is 1.13 bits per heavy atom. The van der Waals surface area contributed by atoms with E-state index in [4.69, 9.17) is 0 Å². The van der Waals surface area contributed by atoms with Crippen LogP contribution < -0.4 is 15.5 Å². The number of rotatable bonds is 5. The van der Waals surface area contributed by atoms with Crippen LogP contribution in [0.4, 0.5) is 5.69 Å². The molecule has 1 aliphatic heterocycles. The van der Waals surface area contributed by atoms with Gasteiger partial charge in [0.25, 0.3) is 5.91 Å². The molecule has 160 valence electrons. The number of hydrogen-bond donors (Lipinski definition) is 3. The molecule has 0 saturated heterocycles. The van der Waals surface area contributed by atoms with Crippen LogP contribution >= 0.6 is 0 Å². The summed E-state index contributed by atoms with van der Waals surface area (Å²) in [5.74, 6) is -1.78. The quantitative estimate of drug-likeness (QED) is 0.556. The third-order valence-corrected chi connectivity index (χ3v) is 5.59. The largest absolute Gasteiger partial charge is 0.361 e. The number of nitrogens with one attached hydrogen (secondary N) is 3. The number of aryl methyl sites for hydroxylation is 1. The molecule has 0 aliphatic carbocycles. The zero-order chi connectivity index (χ0) is 22.1. The SMILES string of the molecule is Cc1ccc2c(c1)[C@H](NC(=O)C(=O)NCCc1c[nH]c3ccccc13)C(=O)N2C(C)C. The number of anilines is 1. The predicted molar refractivity (Wildman–Crippen MR) is 120 cm³/mol. The number of hydrogen-bond acceptors (Lipinski definition) is 3. The van der Waals surface area contributed by atoms with Gasteiger partial charge in [0.15, 0.2) is 0 Å². The number of H-pyrrole nitrogens is 1. The molecule has 1 aromatic heterocycles. The second-order valence-electron chi connectivity index (χ2n) is 8.14. The number of aromatic amines is 1. The van der Waals surface area contributed by atoms with Gasteiger partial charge in [0.1, 0.15) is 6.04 Å². The van der Waals surface area contributed by atoms with Crippen LogP contribution in [0.5, 0.6) is 0 Å².